The Morgan fingerprint density at radius 3 is 2.29 bits per heavy atom. The number of nitrogens with zero attached hydrogens (tertiary/aromatic N) is 1. The Hall–Kier alpha value is -0.0800. The highest BCUT2D eigenvalue weighted by Crippen LogP contribution is 2.29. The normalized spacial score (nSPS) is 26.8. The summed E-state index contributed by atoms with van der Waals surface area (Å²) in [4.78, 5) is 2.37. The van der Waals surface area contributed by atoms with Gasteiger partial charge in [-0.1, -0.05) is 19.3 Å². The molecule has 2 saturated carbocycles. The Labute approximate surface area is 87.3 Å². The van der Waals surface area contributed by atoms with Crippen molar-refractivity contribution in [1.82, 2.24) is 4.90 Å². The van der Waals surface area contributed by atoms with E-state index in [1.54, 1.807) is 0 Å². The monoisotopic (exact) mass is 197 g/mol. The largest absolute Gasteiger partial charge is 0.392 e. The van der Waals surface area contributed by atoms with Crippen LogP contribution in [0.3, 0.4) is 0 Å². The number of hydrogen-bond acceptors (Lipinski definition) is 2. The van der Waals surface area contributed by atoms with Crippen LogP contribution < -0.4 is 0 Å². The van der Waals surface area contributed by atoms with Gasteiger partial charge in [-0.15, -0.1) is 0 Å². The Kier molecular flexibility index (Phi) is 3.45. The first kappa shape index (κ1) is 10.4. The molecule has 2 aliphatic rings. The highest BCUT2D eigenvalue weighted by atomic mass is 16.3. The zero-order valence-electron chi connectivity index (χ0n) is 9.28. The van der Waals surface area contributed by atoms with Crippen molar-refractivity contribution in [1.29, 1.82) is 0 Å². The van der Waals surface area contributed by atoms with Crippen molar-refractivity contribution in [3.63, 3.8) is 0 Å². The standard InChI is InChI=1S/C12H23NO/c1-13(11-7-4-8-11)9-12(14)10-5-2-3-6-10/h10-12,14H,2-9H2,1H3. The van der Waals surface area contributed by atoms with E-state index in [1.165, 1.54) is 44.9 Å². The molecule has 0 radical (unpaired) electrons. The number of hydrogen-bond donors (Lipinski definition) is 1. The van der Waals surface area contributed by atoms with E-state index < -0.39 is 0 Å². The predicted octanol–water partition coefficient (Wildman–Crippen LogP) is 2.02. The van der Waals surface area contributed by atoms with Crippen molar-refractivity contribution in [2.24, 2.45) is 5.92 Å². The Morgan fingerprint density at radius 1 is 1.14 bits per heavy atom. The van der Waals surface area contributed by atoms with Crippen molar-refractivity contribution < 1.29 is 5.11 Å². The van der Waals surface area contributed by atoms with Crippen molar-refractivity contribution in [2.45, 2.75) is 57.1 Å². The Bertz CT molecular complexity index is 173. The zero-order valence-corrected chi connectivity index (χ0v) is 9.28. The molecule has 1 atom stereocenters. The molecule has 2 heteroatoms. The van der Waals surface area contributed by atoms with Crippen molar-refractivity contribution in [3.8, 4) is 0 Å². The van der Waals surface area contributed by atoms with Crippen LogP contribution in [0.2, 0.25) is 0 Å². The van der Waals surface area contributed by atoms with Gasteiger partial charge in [0, 0.05) is 12.6 Å². The van der Waals surface area contributed by atoms with Gasteiger partial charge in [-0.05, 0) is 38.6 Å². The van der Waals surface area contributed by atoms with Gasteiger partial charge in [-0.2, -0.15) is 0 Å². The molecule has 0 aromatic rings. The van der Waals surface area contributed by atoms with Crippen LogP contribution in [-0.2, 0) is 0 Å². The molecule has 0 bridgehead atoms. The second-order valence-corrected chi connectivity index (χ2v) is 5.14. The average molecular weight is 197 g/mol. The van der Waals surface area contributed by atoms with Gasteiger partial charge in [0.1, 0.15) is 0 Å². The number of aliphatic hydroxyl groups is 1. The number of aliphatic hydroxyl groups excluding tert-OH is 1. The maximum absolute atomic E-state index is 10.0. The molecule has 14 heavy (non-hydrogen) atoms. The third-order valence-corrected chi connectivity index (χ3v) is 4.12. The van der Waals surface area contributed by atoms with Crippen LogP contribution >= 0.6 is 0 Å². The van der Waals surface area contributed by atoms with E-state index in [0.29, 0.717) is 5.92 Å². The lowest BCUT2D eigenvalue weighted by molar-refractivity contribution is 0.0438. The van der Waals surface area contributed by atoms with Gasteiger partial charge in [0.05, 0.1) is 6.10 Å². The molecule has 1 N–H and O–H groups in total. The van der Waals surface area contributed by atoms with Crippen LogP contribution in [-0.4, -0.2) is 35.7 Å². The third kappa shape index (κ3) is 2.29. The van der Waals surface area contributed by atoms with Gasteiger partial charge in [0.2, 0.25) is 0 Å². The molecule has 0 heterocycles. The van der Waals surface area contributed by atoms with Gasteiger partial charge in [-0.25, -0.2) is 0 Å². The van der Waals surface area contributed by atoms with Gasteiger partial charge in [-0.3, -0.25) is 0 Å². The number of likely N-dealkylation sites (N-methyl/N-ethyl adjacent to an activating group) is 1. The third-order valence-electron chi connectivity index (χ3n) is 4.12. The molecule has 0 aromatic heterocycles. The smallest absolute Gasteiger partial charge is 0.0695 e. The second kappa shape index (κ2) is 4.63. The summed E-state index contributed by atoms with van der Waals surface area (Å²) < 4.78 is 0. The van der Waals surface area contributed by atoms with E-state index in [1.807, 2.05) is 0 Å². The fourth-order valence-electron chi connectivity index (χ4n) is 2.76. The topological polar surface area (TPSA) is 23.5 Å². The van der Waals surface area contributed by atoms with E-state index in [0.717, 1.165) is 12.6 Å². The molecule has 82 valence electrons. The van der Waals surface area contributed by atoms with E-state index in [2.05, 4.69) is 11.9 Å². The summed E-state index contributed by atoms with van der Waals surface area (Å²) in [6.07, 6.45) is 9.16. The van der Waals surface area contributed by atoms with Crippen LogP contribution in [0.15, 0.2) is 0 Å². The maximum Gasteiger partial charge on any atom is 0.0695 e. The molecule has 2 aliphatic carbocycles. The minimum atomic E-state index is -0.0666. The quantitative estimate of drug-likeness (QED) is 0.745. The molecule has 2 fully saturated rings. The fraction of sp³-hybridized carbons (Fsp3) is 1.00. The highest BCUT2D eigenvalue weighted by molar-refractivity contribution is 4.82. The molecular formula is C12H23NO. The first-order valence-electron chi connectivity index (χ1n) is 6.15. The lowest BCUT2D eigenvalue weighted by Crippen LogP contribution is -2.43. The first-order chi connectivity index (χ1) is 6.77. The zero-order chi connectivity index (χ0) is 9.97. The van der Waals surface area contributed by atoms with Crippen LogP contribution in [0.25, 0.3) is 0 Å². The Morgan fingerprint density at radius 2 is 1.79 bits per heavy atom. The summed E-state index contributed by atoms with van der Waals surface area (Å²) in [6, 6.07) is 0.769. The molecular weight excluding hydrogens is 174 g/mol. The SMILES string of the molecule is CN(CC(O)C1CCCC1)C1CCC1. The van der Waals surface area contributed by atoms with E-state index in [9.17, 15) is 5.11 Å². The molecule has 0 aromatic carbocycles. The predicted molar refractivity (Wildman–Crippen MR) is 58.2 cm³/mol. The lowest BCUT2D eigenvalue weighted by Gasteiger charge is -2.36. The van der Waals surface area contributed by atoms with Gasteiger partial charge < -0.3 is 10.0 Å². The molecule has 0 amide bonds. The molecule has 2 nitrogen and oxygen atoms in total. The summed E-state index contributed by atoms with van der Waals surface area (Å²) in [7, 11) is 2.17. The van der Waals surface area contributed by atoms with Crippen LogP contribution in [0, 0.1) is 5.92 Å². The van der Waals surface area contributed by atoms with Crippen LogP contribution in [0.4, 0.5) is 0 Å². The molecule has 0 saturated heterocycles. The molecule has 1 unspecified atom stereocenters. The molecule has 0 spiro atoms. The first-order valence-corrected chi connectivity index (χ1v) is 6.15. The van der Waals surface area contributed by atoms with E-state index in [-0.39, 0.29) is 6.10 Å². The van der Waals surface area contributed by atoms with Crippen molar-refractivity contribution >= 4 is 0 Å². The minimum Gasteiger partial charge on any atom is -0.392 e. The average Bonchev–Trinajstić information content (AvgIpc) is 2.51. The van der Waals surface area contributed by atoms with Crippen LogP contribution in [0.1, 0.15) is 44.9 Å². The minimum absolute atomic E-state index is 0.0666. The Balaban J connectivity index is 1.72. The summed E-state index contributed by atoms with van der Waals surface area (Å²) in [5.41, 5.74) is 0. The fourth-order valence-corrected chi connectivity index (χ4v) is 2.76. The summed E-state index contributed by atoms with van der Waals surface area (Å²) in [6.45, 7) is 0.898. The number of rotatable bonds is 4. The van der Waals surface area contributed by atoms with Crippen molar-refractivity contribution in [2.75, 3.05) is 13.6 Å². The maximum atomic E-state index is 10.0. The summed E-state index contributed by atoms with van der Waals surface area (Å²) in [5, 5.41) is 10.0. The van der Waals surface area contributed by atoms with Gasteiger partial charge in [0.25, 0.3) is 0 Å². The van der Waals surface area contributed by atoms with E-state index >= 15 is 0 Å². The molecule has 0 aliphatic heterocycles. The second-order valence-electron chi connectivity index (χ2n) is 5.14. The van der Waals surface area contributed by atoms with E-state index in [4.69, 9.17) is 0 Å². The lowest BCUT2D eigenvalue weighted by atomic mass is 9.91. The molecule has 2 rings (SSSR count). The van der Waals surface area contributed by atoms with Crippen molar-refractivity contribution in [3.05, 3.63) is 0 Å². The summed E-state index contributed by atoms with van der Waals surface area (Å²) in [5.74, 6) is 0.595. The highest BCUT2D eigenvalue weighted by Gasteiger charge is 2.28. The summed E-state index contributed by atoms with van der Waals surface area (Å²) >= 11 is 0. The van der Waals surface area contributed by atoms with Crippen LogP contribution in [0.5, 0.6) is 0 Å². The van der Waals surface area contributed by atoms with Gasteiger partial charge in [0.15, 0.2) is 0 Å². The van der Waals surface area contributed by atoms with Gasteiger partial charge >= 0.3 is 0 Å².